The molecule has 1 unspecified atom stereocenters. The van der Waals surface area contributed by atoms with Crippen LogP contribution in [0.4, 0.5) is 13.2 Å². The second kappa shape index (κ2) is 9.02. The predicted octanol–water partition coefficient (Wildman–Crippen LogP) is 2.31. The van der Waals surface area contributed by atoms with E-state index < -0.39 is 17.8 Å². The zero-order valence-corrected chi connectivity index (χ0v) is 14.7. The van der Waals surface area contributed by atoms with Gasteiger partial charge >= 0.3 is 6.18 Å². The van der Waals surface area contributed by atoms with E-state index >= 15 is 0 Å². The first kappa shape index (κ1) is 20.2. The number of piperazine rings is 1. The minimum atomic E-state index is -4.41. The largest absolute Gasteiger partial charge is 0.416 e. The van der Waals surface area contributed by atoms with Crippen LogP contribution in [0, 0.1) is 0 Å². The number of carbonyl (C=O) groups excluding carboxylic acids is 2. The van der Waals surface area contributed by atoms with Crippen molar-refractivity contribution in [3.05, 3.63) is 35.4 Å². The van der Waals surface area contributed by atoms with Crippen molar-refractivity contribution in [2.24, 2.45) is 0 Å². The van der Waals surface area contributed by atoms with Crippen molar-refractivity contribution in [1.29, 1.82) is 0 Å². The highest BCUT2D eigenvalue weighted by Crippen LogP contribution is 2.30. The molecule has 1 saturated heterocycles. The molecule has 1 aliphatic rings. The lowest BCUT2D eigenvalue weighted by Crippen LogP contribution is -2.56. The van der Waals surface area contributed by atoms with E-state index in [2.05, 4.69) is 10.6 Å². The minimum absolute atomic E-state index is 0.00545. The summed E-state index contributed by atoms with van der Waals surface area (Å²) in [5, 5.41) is 5.49. The Labute approximate surface area is 150 Å². The summed E-state index contributed by atoms with van der Waals surface area (Å²) in [4.78, 5) is 26.0. The molecule has 1 aromatic carbocycles. The third-order valence-corrected chi connectivity index (χ3v) is 4.31. The van der Waals surface area contributed by atoms with Crippen molar-refractivity contribution < 1.29 is 22.8 Å². The molecule has 0 aliphatic carbocycles. The lowest BCUT2D eigenvalue weighted by molar-refractivity contribution is -0.137. The van der Waals surface area contributed by atoms with E-state index in [1.807, 2.05) is 6.92 Å². The van der Waals surface area contributed by atoms with Gasteiger partial charge in [-0.2, -0.15) is 13.2 Å². The van der Waals surface area contributed by atoms with Crippen LogP contribution in [0.5, 0.6) is 0 Å². The second-order valence-electron chi connectivity index (χ2n) is 6.38. The van der Waals surface area contributed by atoms with Crippen LogP contribution in [0.1, 0.15) is 37.3 Å². The molecule has 0 saturated carbocycles. The molecule has 0 spiro atoms. The van der Waals surface area contributed by atoms with Crippen LogP contribution in [0.3, 0.4) is 0 Å². The topological polar surface area (TPSA) is 61.4 Å². The van der Waals surface area contributed by atoms with Gasteiger partial charge in [-0.1, -0.05) is 31.5 Å². The van der Waals surface area contributed by atoms with Crippen LogP contribution in [0.25, 0.3) is 0 Å². The van der Waals surface area contributed by atoms with E-state index in [1.54, 1.807) is 11.0 Å². The summed E-state index contributed by atoms with van der Waals surface area (Å²) < 4.78 is 38.6. The fourth-order valence-corrected chi connectivity index (χ4v) is 2.91. The molecule has 0 bridgehead atoms. The molecule has 0 aromatic heterocycles. The molecule has 1 aliphatic heterocycles. The smallest absolute Gasteiger partial charge is 0.356 e. The highest BCUT2D eigenvalue weighted by Gasteiger charge is 2.33. The highest BCUT2D eigenvalue weighted by molar-refractivity contribution is 5.88. The number of alkyl halides is 3. The summed E-state index contributed by atoms with van der Waals surface area (Å²) in [6.07, 6.45) is -2.61. The summed E-state index contributed by atoms with van der Waals surface area (Å²) in [6, 6.07) is 4.38. The number of carbonyl (C=O) groups is 2. The maximum Gasteiger partial charge on any atom is 0.416 e. The summed E-state index contributed by atoms with van der Waals surface area (Å²) in [7, 11) is 0. The monoisotopic (exact) mass is 371 g/mol. The van der Waals surface area contributed by atoms with Crippen LogP contribution in [0.15, 0.2) is 24.3 Å². The Morgan fingerprint density at radius 3 is 2.85 bits per heavy atom. The predicted molar refractivity (Wildman–Crippen MR) is 91.2 cm³/mol. The molecule has 5 nitrogen and oxygen atoms in total. The van der Waals surface area contributed by atoms with Crippen molar-refractivity contribution in [3.8, 4) is 0 Å². The van der Waals surface area contributed by atoms with Crippen LogP contribution in [0.2, 0.25) is 0 Å². The second-order valence-corrected chi connectivity index (χ2v) is 6.38. The number of benzene rings is 1. The molecular formula is C18H24F3N3O2. The summed E-state index contributed by atoms with van der Waals surface area (Å²) in [5.74, 6) is -0.497. The molecule has 1 heterocycles. The standard InChI is InChI=1S/C18H24F3N3O2/c1-2-3-7-22-16(25)11-15-17(26)23-8-9-24(15)12-13-5-4-6-14(10-13)18(19,20)21/h4-6,10,15H,2-3,7-9,11-12H2,1H3,(H,22,25)(H,23,26). The Morgan fingerprint density at radius 1 is 1.38 bits per heavy atom. The van der Waals surface area contributed by atoms with Crippen molar-refractivity contribution in [2.45, 2.75) is 44.9 Å². The van der Waals surface area contributed by atoms with Gasteiger partial charge in [-0.05, 0) is 18.1 Å². The van der Waals surface area contributed by atoms with Crippen molar-refractivity contribution in [3.63, 3.8) is 0 Å². The van der Waals surface area contributed by atoms with Crippen LogP contribution in [-0.4, -0.2) is 42.4 Å². The van der Waals surface area contributed by atoms with E-state index in [9.17, 15) is 22.8 Å². The molecule has 8 heteroatoms. The average molecular weight is 371 g/mol. The normalized spacial score (nSPS) is 18.5. The number of nitrogens with zero attached hydrogens (tertiary/aromatic N) is 1. The van der Waals surface area contributed by atoms with Gasteiger partial charge in [-0.3, -0.25) is 14.5 Å². The molecule has 26 heavy (non-hydrogen) atoms. The summed E-state index contributed by atoms with van der Waals surface area (Å²) in [5.41, 5.74) is -0.253. The molecule has 2 rings (SSSR count). The Hall–Kier alpha value is -2.09. The Balaban J connectivity index is 2.05. The highest BCUT2D eigenvalue weighted by atomic mass is 19.4. The van der Waals surface area contributed by atoms with E-state index in [0.29, 0.717) is 25.2 Å². The molecule has 2 amide bonds. The fourth-order valence-electron chi connectivity index (χ4n) is 2.91. The van der Waals surface area contributed by atoms with E-state index in [-0.39, 0.29) is 24.8 Å². The first-order valence-electron chi connectivity index (χ1n) is 8.76. The maximum atomic E-state index is 12.9. The third kappa shape index (κ3) is 5.72. The van der Waals surface area contributed by atoms with E-state index in [1.165, 1.54) is 6.07 Å². The lowest BCUT2D eigenvalue weighted by atomic mass is 10.0. The van der Waals surface area contributed by atoms with Gasteiger partial charge in [0, 0.05) is 26.2 Å². The number of rotatable bonds is 7. The zero-order chi connectivity index (χ0) is 19.2. The number of nitrogens with one attached hydrogen (secondary N) is 2. The van der Waals surface area contributed by atoms with Gasteiger partial charge in [0.25, 0.3) is 0 Å². The van der Waals surface area contributed by atoms with Gasteiger partial charge in [0.2, 0.25) is 11.8 Å². The van der Waals surface area contributed by atoms with Gasteiger partial charge < -0.3 is 10.6 Å². The molecule has 1 aromatic rings. The lowest BCUT2D eigenvalue weighted by Gasteiger charge is -2.34. The molecular weight excluding hydrogens is 347 g/mol. The third-order valence-electron chi connectivity index (χ3n) is 4.31. The van der Waals surface area contributed by atoms with Gasteiger partial charge in [0.05, 0.1) is 18.0 Å². The van der Waals surface area contributed by atoms with Crippen molar-refractivity contribution >= 4 is 11.8 Å². The summed E-state index contributed by atoms with van der Waals surface area (Å²) >= 11 is 0. The number of amides is 2. The Morgan fingerprint density at radius 2 is 2.15 bits per heavy atom. The Kier molecular flexibility index (Phi) is 7.02. The van der Waals surface area contributed by atoms with E-state index in [0.717, 1.165) is 25.0 Å². The summed E-state index contributed by atoms with van der Waals surface area (Å²) in [6.45, 7) is 3.64. The first-order valence-corrected chi connectivity index (χ1v) is 8.76. The van der Waals surface area contributed by atoms with Gasteiger partial charge in [0.15, 0.2) is 0 Å². The number of unbranched alkanes of at least 4 members (excludes halogenated alkanes) is 1. The quantitative estimate of drug-likeness (QED) is 0.723. The molecule has 1 atom stereocenters. The molecule has 2 N–H and O–H groups in total. The number of halogens is 3. The Bertz CT molecular complexity index is 634. The van der Waals surface area contributed by atoms with Crippen LogP contribution >= 0.6 is 0 Å². The van der Waals surface area contributed by atoms with Gasteiger partial charge in [-0.15, -0.1) is 0 Å². The van der Waals surface area contributed by atoms with Crippen LogP contribution in [-0.2, 0) is 22.3 Å². The SMILES string of the molecule is CCCCNC(=O)CC1C(=O)NCCN1Cc1cccc(C(F)(F)F)c1. The molecule has 0 radical (unpaired) electrons. The van der Waals surface area contributed by atoms with Crippen LogP contribution < -0.4 is 10.6 Å². The molecule has 144 valence electrons. The maximum absolute atomic E-state index is 12.9. The first-order chi connectivity index (χ1) is 12.3. The van der Waals surface area contributed by atoms with E-state index in [4.69, 9.17) is 0 Å². The van der Waals surface area contributed by atoms with Gasteiger partial charge in [-0.25, -0.2) is 0 Å². The van der Waals surface area contributed by atoms with Crippen molar-refractivity contribution in [1.82, 2.24) is 15.5 Å². The minimum Gasteiger partial charge on any atom is -0.356 e. The zero-order valence-electron chi connectivity index (χ0n) is 14.7. The van der Waals surface area contributed by atoms with Crippen molar-refractivity contribution in [2.75, 3.05) is 19.6 Å². The number of hydrogen-bond donors (Lipinski definition) is 2. The number of hydrogen-bond acceptors (Lipinski definition) is 3. The average Bonchev–Trinajstić information content (AvgIpc) is 2.58. The molecule has 1 fully saturated rings. The van der Waals surface area contributed by atoms with Gasteiger partial charge in [0.1, 0.15) is 0 Å². The fraction of sp³-hybridized carbons (Fsp3) is 0.556.